The van der Waals surface area contributed by atoms with Gasteiger partial charge in [-0.05, 0) is 54.7 Å². The molecule has 7 rings (SSSR count). The molecule has 3 aromatic rings. The molecule has 4 N–H and O–H groups in total. The molecule has 12 nitrogen and oxygen atoms in total. The Morgan fingerprint density at radius 3 is 1.44 bits per heavy atom. The number of benzene rings is 3. The van der Waals surface area contributed by atoms with E-state index in [1.54, 1.807) is 41.2 Å². The maximum Gasteiger partial charge on any atom is 0.315 e. The fraction of sp³-hybridized carbons (Fsp3) is 0.549. The van der Waals surface area contributed by atoms with Gasteiger partial charge in [-0.15, -0.1) is 0 Å². The molecular weight excluding hydrogens is 793 g/mol. The lowest BCUT2D eigenvalue weighted by molar-refractivity contribution is -0.133. The number of unbranched alkanes of at least 4 members (excludes halogenated alkanes) is 10. The highest BCUT2D eigenvalue weighted by atomic mass is 16.5. The smallest absolute Gasteiger partial charge is 0.315 e. The third-order valence-corrected chi connectivity index (χ3v) is 13.6. The number of hydrogen-bond acceptors (Lipinski definition) is 6. The highest BCUT2D eigenvalue weighted by Gasteiger charge is 2.49. The number of ether oxygens (including phenoxy) is 1. The molecule has 0 aromatic heterocycles. The fourth-order valence-electron chi connectivity index (χ4n) is 9.58. The van der Waals surface area contributed by atoms with Crippen molar-refractivity contribution in [1.29, 1.82) is 0 Å². The molecule has 0 bridgehead atoms. The second kappa shape index (κ2) is 22.4. The van der Waals surface area contributed by atoms with Crippen LogP contribution in [0.3, 0.4) is 0 Å². The zero-order chi connectivity index (χ0) is 44.1. The minimum absolute atomic E-state index is 0.00797. The van der Waals surface area contributed by atoms with Crippen LogP contribution in [0.25, 0.3) is 0 Å². The molecule has 2 aliphatic carbocycles. The van der Waals surface area contributed by atoms with Crippen molar-refractivity contribution in [3.63, 3.8) is 0 Å². The summed E-state index contributed by atoms with van der Waals surface area (Å²) in [6.45, 7) is 3.70. The van der Waals surface area contributed by atoms with E-state index in [0.29, 0.717) is 30.8 Å². The Labute approximate surface area is 373 Å². The van der Waals surface area contributed by atoms with Crippen molar-refractivity contribution >= 4 is 29.7 Å². The molecule has 2 saturated heterocycles. The summed E-state index contributed by atoms with van der Waals surface area (Å²) in [5.41, 5.74) is 3.13. The molecule has 2 saturated carbocycles. The summed E-state index contributed by atoms with van der Waals surface area (Å²) in [5, 5.41) is 12.4. The third kappa shape index (κ3) is 12.5. The second-order valence-electron chi connectivity index (χ2n) is 18.3. The van der Waals surface area contributed by atoms with Crippen molar-refractivity contribution in [2.24, 2.45) is 11.8 Å². The number of carbonyl (C=O) groups excluding carboxylic acids is 5. The van der Waals surface area contributed by atoms with E-state index in [9.17, 15) is 24.0 Å². The van der Waals surface area contributed by atoms with E-state index in [2.05, 4.69) is 52.5 Å². The lowest BCUT2D eigenvalue weighted by Crippen LogP contribution is -2.48. The van der Waals surface area contributed by atoms with Crippen LogP contribution in [-0.2, 0) is 14.3 Å². The van der Waals surface area contributed by atoms with Crippen LogP contribution in [0.2, 0.25) is 0 Å². The highest BCUT2D eigenvalue weighted by Crippen LogP contribution is 2.42. The summed E-state index contributed by atoms with van der Waals surface area (Å²) >= 11 is 0. The van der Waals surface area contributed by atoms with E-state index in [1.807, 2.05) is 36.4 Å². The molecule has 12 heteroatoms. The normalized spacial score (nSPS) is 24.7. The zero-order valence-electron chi connectivity index (χ0n) is 37.3. The van der Waals surface area contributed by atoms with Crippen LogP contribution in [0.15, 0.2) is 84.9 Å². The summed E-state index contributed by atoms with van der Waals surface area (Å²) < 4.78 is 5.67. The van der Waals surface area contributed by atoms with Crippen molar-refractivity contribution in [2.45, 2.75) is 126 Å². The Bertz CT molecular complexity index is 1900. The SMILES string of the molecule is CCCCCCCCCCCCCNC(=O)N[C@@H]1CN(C(=O)c2ccc(C(=O)N3C[C@@H](C(=O)N[C@H]4C[C@@H]4c4ccccc4)[C@H](C(=O)N[C@H]4C[C@@H]4c4ccccc4)C3)cc2)C[C@@H]1OC. The average Bonchev–Trinajstić information content (AvgIpc) is 4.16. The first-order valence-electron chi connectivity index (χ1n) is 23.7. The number of hydrogen-bond donors (Lipinski definition) is 4. The monoisotopic (exact) mass is 861 g/mol. The summed E-state index contributed by atoms with van der Waals surface area (Å²) in [5.74, 6) is -1.86. The van der Waals surface area contributed by atoms with E-state index < -0.39 is 11.8 Å². The lowest BCUT2D eigenvalue weighted by Gasteiger charge is -2.19. The van der Waals surface area contributed by atoms with Crippen molar-refractivity contribution < 1.29 is 28.7 Å². The van der Waals surface area contributed by atoms with Crippen LogP contribution in [0.1, 0.15) is 134 Å². The molecule has 0 radical (unpaired) electrons. The zero-order valence-corrected chi connectivity index (χ0v) is 37.3. The predicted molar refractivity (Wildman–Crippen MR) is 244 cm³/mol. The molecule has 3 aromatic carbocycles. The minimum atomic E-state index is -0.696. The lowest BCUT2D eigenvalue weighted by atomic mass is 9.94. The molecule has 6 amide bonds. The molecular formula is C51H68N6O6. The average molecular weight is 861 g/mol. The van der Waals surface area contributed by atoms with E-state index in [0.717, 1.165) is 25.7 Å². The van der Waals surface area contributed by atoms with Gasteiger partial charge in [0.25, 0.3) is 11.8 Å². The standard InChI is InChI=1S/C51H68N6O6/c1-3-4-5-6-7-8-9-10-11-12-19-28-52-51(62)55-45-33-57(34-46(45)63-2)50(61)38-26-24-37(25-27-38)49(60)56-31-41(47(58)53-43-29-39(43)35-20-15-13-16-21-35)42(32-56)48(59)54-44-30-40(44)36-22-17-14-18-23-36/h13-18,20-27,39-46H,3-12,19,28-34H2,1-2H3,(H,53,58)(H,54,59)(H2,52,55,62)/t39-,40-,41-,42-,43+,44+,45-,46+/m1/s1. The van der Waals surface area contributed by atoms with Gasteiger partial charge in [-0.2, -0.15) is 0 Å². The van der Waals surface area contributed by atoms with Gasteiger partial charge in [-0.1, -0.05) is 132 Å². The van der Waals surface area contributed by atoms with Gasteiger partial charge in [0.05, 0.1) is 24.0 Å². The Morgan fingerprint density at radius 1 is 0.540 bits per heavy atom. The number of nitrogens with one attached hydrogen (secondary N) is 4. The summed E-state index contributed by atoms with van der Waals surface area (Å²) in [6.07, 6.45) is 15.0. The van der Waals surface area contributed by atoms with Crippen LogP contribution in [0.4, 0.5) is 4.79 Å². The van der Waals surface area contributed by atoms with Crippen molar-refractivity contribution in [1.82, 2.24) is 31.1 Å². The number of rotatable bonds is 22. The van der Waals surface area contributed by atoms with Crippen molar-refractivity contribution in [3.05, 3.63) is 107 Å². The minimum Gasteiger partial charge on any atom is -0.377 e. The molecule has 4 fully saturated rings. The highest BCUT2D eigenvalue weighted by molar-refractivity contribution is 5.99. The molecule has 338 valence electrons. The number of likely N-dealkylation sites (tertiary alicyclic amines) is 2. The van der Waals surface area contributed by atoms with E-state index in [1.165, 1.54) is 68.9 Å². The number of nitrogens with zero attached hydrogens (tertiary/aromatic N) is 2. The quantitative estimate of drug-likeness (QED) is 0.0788. The van der Waals surface area contributed by atoms with Gasteiger partial charge in [0.15, 0.2) is 0 Å². The molecule has 8 atom stereocenters. The van der Waals surface area contributed by atoms with Crippen LogP contribution in [-0.4, -0.2) is 104 Å². The fourth-order valence-corrected chi connectivity index (χ4v) is 9.58. The van der Waals surface area contributed by atoms with Crippen LogP contribution < -0.4 is 21.3 Å². The Kier molecular flexibility index (Phi) is 16.3. The summed E-state index contributed by atoms with van der Waals surface area (Å²) in [7, 11) is 1.58. The number of methoxy groups -OCH3 is 1. The molecule has 0 spiro atoms. The molecule has 2 aliphatic heterocycles. The number of carbonyl (C=O) groups is 5. The number of amides is 6. The van der Waals surface area contributed by atoms with E-state index in [-0.39, 0.29) is 78.8 Å². The maximum absolute atomic E-state index is 14.0. The molecule has 63 heavy (non-hydrogen) atoms. The van der Waals surface area contributed by atoms with Crippen molar-refractivity contribution in [2.75, 3.05) is 39.8 Å². The van der Waals surface area contributed by atoms with E-state index in [4.69, 9.17) is 4.74 Å². The first-order valence-corrected chi connectivity index (χ1v) is 23.7. The molecule has 4 aliphatic rings. The van der Waals surface area contributed by atoms with Gasteiger partial charge >= 0.3 is 6.03 Å². The Balaban J connectivity index is 0.886. The van der Waals surface area contributed by atoms with Gasteiger partial charge in [-0.25, -0.2) is 4.79 Å². The van der Waals surface area contributed by atoms with Gasteiger partial charge in [0.1, 0.15) is 0 Å². The Hall–Kier alpha value is -5.23. The van der Waals surface area contributed by atoms with Crippen LogP contribution in [0.5, 0.6) is 0 Å². The van der Waals surface area contributed by atoms with E-state index >= 15 is 0 Å². The third-order valence-electron chi connectivity index (χ3n) is 13.6. The summed E-state index contributed by atoms with van der Waals surface area (Å²) in [4.78, 5) is 71.5. The largest absolute Gasteiger partial charge is 0.377 e. The topological polar surface area (TPSA) is 149 Å². The predicted octanol–water partition coefficient (Wildman–Crippen LogP) is 7.17. The first-order chi connectivity index (χ1) is 30.7. The van der Waals surface area contributed by atoms with Gasteiger partial charge in [0.2, 0.25) is 11.8 Å². The van der Waals surface area contributed by atoms with Gasteiger partial charge in [-0.3, -0.25) is 19.2 Å². The second-order valence-corrected chi connectivity index (χ2v) is 18.3. The molecule has 0 unspecified atom stereocenters. The van der Waals surface area contributed by atoms with Gasteiger partial charge in [0, 0.05) is 74.9 Å². The summed E-state index contributed by atoms with van der Waals surface area (Å²) in [6, 6.07) is 26.1. The van der Waals surface area contributed by atoms with Gasteiger partial charge < -0.3 is 35.8 Å². The Morgan fingerprint density at radius 2 is 0.984 bits per heavy atom. The maximum atomic E-state index is 14.0. The van der Waals surface area contributed by atoms with Crippen LogP contribution in [0, 0.1) is 11.8 Å². The van der Waals surface area contributed by atoms with Crippen LogP contribution >= 0.6 is 0 Å². The van der Waals surface area contributed by atoms with Crippen molar-refractivity contribution in [3.8, 4) is 0 Å². The first kappa shape index (κ1) is 45.8. The molecule has 2 heterocycles. The number of urea groups is 1.